The summed E-state index contributed by atoms with van der Waals surface area (Å²) in [7, 11) is 1.77. The van der Waals surface area contributed by atoms with Gasteiger partial charge in [-0.3, -0.25) is 4.90 Å². The molecular formula is C20H28N2O3. The van der Waals surface area contributed by atoms with Crippen molar-refractivity contribution in [2.24, 2.45) is 0 Å². The Labute approximate surface area is 149 Å². The molecule has 1 saturated heterocycles. The van der Waals surface area contributed by atoms with E-state index in [-0.39, 0.29) is 0 Å². The van der Waals surface area contributed by atoms with E-state index >= 15 is 0 Å². The number of piperidine rings is 1. The number of aromatic nitrogens is 1. The highest BCUT2D eigenvalue weighted by atomic mass is 16.5. The molecule has 0 bridgehead atoms. The fourth-order valence-electron chi connectivity index (χ4n) is 3.46. The molecule has 136 valence electrons. The van der Waals surface area contributed by atoms with Crippen molar-refractivity contribution in [2.45, 2.75) is 45.7 Å². The van der Waals surface area contributed by atoms with E-state index in [0.717, 1.165) is 42.5 Å². The zero-order valence-electron chi connectivity index (χ0n) is 15.5. The molecule has 1 fully saturated rings. The normalized spacial score (nSPS) is 18.4. The Kier molecular flexibility index (Phi) is 6.10. The van der Waals surface area contributed by atoms with E-state index in [9.17, 15) is 0 Å². The van der Waals surface area contributed by atoms with Crippen LogP contribution in [-0.2, 0) is 11.3 Å². The van der Waals surface area contributed by atoms with Crippen LogP contribution in [-0.4, -0.2) is 42.8 Å². The maximum absolute atomic E-state index is 5.98. The smallest absolute Gasteiger partial charge is 0.230 e. The minimum absolute atomic E-state index is 0.467. The van der Waals surface area contributed by atoms with Crippen LogP contribution >= 0.6 is 0 Å². The van der Waals surface area contributed by atoms with Gasteiger partial charge in [-0.05, 0) is 45.4 Å². The molecule has 1 aromatic carbocycles. The molecule has 0 N–H and O–H groups in total. The number of nitrogens with zero attached hydrogens (tertiary/aromatic N) is 2. The second-order valence-electron chi connectivity index (χ2n) is 6.53. The van der Waals surface area contributed by atoms with Crippen molar-refractivity contribution >= 4 is 0 Å². The van der Waals surface area contributed by atoms with Crippen molar-refractivity contribution in [2.75, 3.05) is 26.9 Å². The Morgan fingerprint density at radius 1 is 1.28 bits per heavy atom. The minimum Gasteiger partial charge on any atom is -0.493 e. The Balaban J connectivity index is 1.81. The lowest BCUT2D eigenvalue weighted by Crippen LogP contribution is -2.41. The molecule has 0 radical (unpaired) electrons. The number of hydrogen-bond donors (Lipinski definition) is 0. The summed E-state index contributed by atoms with van der Waals surface area (Å²) in [5.74, 6) is 2.33. The molecule has 1 aromatic heterocycles. The van der Waals surface area contributed by atoms with Crippen LogP contribution in [0.4, 0.5) is 0 Å². The molecule has 0 unspecified atom stereocenters. The summed E-state index contributed by atoms with van der Waals surface area (Å²) in [5, 5.41) is 0. The molecular weight excluding hydrogens is 316 g/mol. The highest BCUT2D eigenvalue weighted by molar-refractivity contribution is 5.63. The van der Waals surface area contributed by atoms with E-state index in [4.69, 9.17) is 18.9 Å². The van der Waals surface area contributed by atoms with Gasteiger partial charge in [0.1, 0.15) is 11.5 Å². The van der Waals surface area contributed by atoms with Gasteiger partial charge in [-0.2, -0.15) is 0 Å². The first kappa shape index (κ1) is 18.0. The molecule has 3 rings (SSSR count). The fourth-order valence-corrected chi connectivity index (χ4v) is 3.46. The van der Waals surface area contributed by atoms with Gasteiger partial charge in [-0.1, -0.05) is 18.6 Å². The molecule has 5 heteroatoms. The molecule has 0 spiro atoms. The summed E-state index contributed by atoms with van der Waals surface area (Å²) in [6, 6.07) is 8.37. The van der Waals surface area contributed by atoms with E-state index in [2.05, 4.69) is 4.90 Å². The highest BCUT2D eigenvalue weighted by Gasteiger charge is 2.25. The van der Waals surface area contributed by atoms with Gasteiger partial charge in [0.2, 0.25) is 5.89 Å². The Bertz CT molecular complexity index is 681. The SMILES string of the molecule is CCOc1ccccc1-c1nc(CN2CCCC[C@H]2COC)c(C)o1. The average molecular weight is 344 g/mol. The Hall–Kier alpha value is -1.85. The van der Waals surface area contributed by atoms with Gasteiger partial charge in [0.15, 0.2) is 0 Å². The van der Waals surface area contributed by atoms with Crippen LogP contribution in [0.15, 0.2) is 28.7 Å². The lowest BCUT2D eigenvalue weighted by Gasteiger charge is -2.34. The second-order valence-corrected chi connectivity index (χ2v) is 6.53. The third-order valence-corrected chi connectivity index (χ3v) is 4.77. The first-order chi connectivity index (χ1) is 12.2. The number of hydrogen-bond acceptors (Lipinski definition) is 5. The molecule has 1 atom stereocenters. The summed E-state index contributed by atoms with van der Waals surface area (Å²) in [4.78, 5) is 7.25. The zero-order valence-corrected chi connectivity index (χ0v) is 15.5. The van der Waals surface area contributed by atoms with Crippen LogP contribution in [0.1, 0.15) is 37.6 Å². The monoisotopic (exact) mass is 344 g/mol. The van der Waals surface area contributed by atoms with Crippen molar-refractivity contribution in [3.63, 3.8) is 0 Å². The third kappa shape index (κ3) is 4.22. The van der Waals surface area contributed by atoms with Crippen LogP contribution in [0.3, 0.4) is 0 Å². The molecule has 25 heavy (non-hydrogen) atoms. The molecule has 2 heterocycles. The lowest BCUT2D eigenvalue weighted by atomic mass is 10.0. The number of likely N-dealkylation sites (tertiary alicyclic amines) is 1. The predicted octanol–water partition coefficient (Wildman–Crippen LogP) is 4.05. The number of para-hydroxylation sites is 1. The van der Waals surface area contributed by atoms with Crippen LogP contribution in [0.2, 0.25) is 0 Å². The Morgan fingerprint density at radius 2 is 2.12 bits per heavy atom. The van der Waals surface area contributed by atoms with E-state index in [1.54, 1.807) is 7.11 Å². The van der Waals surface area contributed by atoms with Gasteiger partial charge in [0, 0.05) is 19.7 Å². The molecule has 1 aliphatic rings. The number of benzene rings is 1. The summed E-state index contributed by atoms with van der Waals surface area (Å²) < 4.78 is 17.1. The summed E-state index contributed by atoms with van der Waals surface area (Å²) in [6.45, 7) is 7.26. The number of rotatable bonds is 7. The van der Waals surface area contributed by atoms with E-state index in [1.165, 1.54) is 19.3 Å². The van der Waals surface area contributed by atoms with Crippen LogP contribution in [0, 0.1) is 6.92 Å². The van der Waals surface area contributed by atoms with Gasteiger partial charge in [-0.15, -0.1) is 0 Å². The van der Waals surface area contributed by atoms with E-state index in [1.807, 2.05) is 38.1 Å². The molecule has 5 nitrogen and oxygen atoms in total. The summed E-state index contributed by atoms with van der Waals surface area (Å²) >= 11 is 0. The summed E-state index contributed by atoms with van der Waals surface area (Å²) in [5.41, 5.74) is 1.91. The lowest BCUT2D eigenvalue weighted by molar-refractivity contribution is 0.0590. The molecule has 0 aliphatic carbocycles. The van der Waals surface area contributed by atoms with Gasteiger partial charge in [-0.25, -0.2) is 4.98 Å². The zero-order chi connectivity index (χ0) is 17.6. The number of methoxy groups -OCH3 is 1. The number of aryl methyl sites for hydroxylation is 1. The van der Waals surface area contributed by atoms with Crippen LogP contribution in [0.25, 0.3) is 11.5 Å². The largest absolute Gasteiger partial charge is 0.493 e. The van der Waals surface area contributed by atoms with Gasteiger partial charge >= 0.3 is 0 Å². The second kappa shape index (κ2) is 8.50. The maximum Gasteiger partial charge on any atom is 0.230 e. The minimum atomic E-state index is 0.467. The van der Waals surface area contributed by atoms with Crippen molar-refractivity contribution in [3.05, 3.63) is 35.7 Å². The molecule has 2 aromatic rings. The highest BCUT2D eigenvalue weighted by Crippen LogP contribution is 2.31. The van der Waals surface area contributed by atoms with E-state index < -0.39 is 0 Å². The fraction of sp³-hybridized carbons (Fsp3) is 0.550. The first-order valence-corrected chi connectivity index (χ1v) is 9.14. The molecule has 0 amide bonds. The Morgan fingerprint density at radius 3 is 2.92 bits per heavy atom. The van der Waals surface area contributed by atoms with Crippen molar-refractivity contribution in [1.29, 1.82) is 0 Å². The van der Waals surface area contributed by atoms with Gasteiger partial charge < -0.3 is 13.9 Å². The standard InChI is InChI=1S/C20H28N2O3/c1-4-24-19-11-6-5-10-17(19)20-21-18(15(2)25-20)13-22-12-8-7-9-16(22)14-23-3/h5-6,10-11,16H,4,7-9,12-14H2,1-3H3/t16-/m0/s1. The number of oxazole rings is 1. The third-order valence-electron chi connectivity index (χ3n) is 4.77. The summed E-state index contributed by atoms with van der Waals surface area (Å²) in [6.07, 6.45) is 3.69. The topological polar surface area (TPSA) is 47.7 Å². The van der Waals surface area contributed by atoms with Crippen molar-refractivity contribution in [1.82, 2.24) is 9.88 Å². The molecule has 0 saturated carbocycles. The average Bonchev–Trinajstić information content (AvgIpc) is 2.98. The van der Waals surface area contributed by atoms with Crippen molar-refractivity contribution < 1.29 is 13.9 Å². The quantitative estimate of drug-likeness (QED) is 0.758. The maximum atomic E-state index is 5.98. The van der Waals surface area contributed by atoms with Gasteiger partial charge in [0.05, 0.1) is 24.5 Å². The number of ether oxygens (including phenoxy) is 2. The van der Waals surface area contributed by atoms with Crippen LogP contribution in [0.5, 0.6) is 5.75 Å². The van der Waals surface area contributed by atoms with Gasteiger partial charge in [0.25, 0.3) is 0 Å². The van der Waals surface area contributed by atoms with E-state index in [0.29, 0.717) is 18.5 Å². The van der Waals surface area contributed by atoms with Crippen LogP contribution < -0.4 is 4.74 Å². The predicted molar refractivity (Wildman–Crippen MR) is 97.8 cm³/mol. The first-order valence-electron chi connectivity index (χ1n) is 9.14. The molecule has 1 aliphatic heterocycles. The van der Waals surface area contributed by atoms with Crippen molar-refractivity contribution in [3.8, 4) is 17.2 Å².